The van der Waals surface area contributed by atoms with Gasteiger partial charge in [0.2, 0.25) is 0 Å². The second-order valence-corrected chi connectivity index (χ2v) is 4.81. The molecule has 0 fully saturated rings. The smallest absolute Gasteiger partial charge is 0.132 e. The molecule has 0 aliphatic carbocycles. The summed E-state index contributed by atoms with van der Waals surface area (Å²) in [5.41, 5.74) is 9.29. The maximum atomic E-state index is 5.93. The molecular weight excluding hydrogens is 234 g/mol. The summed E-state index contributed by atoms with van der Waals surface area (Å²) in [6.07, 6.45) is 2.27. The van der Waals surface area contributed by atoms with Crippen LogP contribution >= 0.6 is 0 Å². The molecule has 2 N–H and O–H groups in total. The Balaban J connectivity index is 2.18. The Morgan fingerprint density at radius 3 is 2.42 bits per heavy atom. The van der Waals surface area contributed by atoms with Crippen LogP contribution in [0.4, 0.5) is 0 Å². The normalized spacial score (nSPS) is 10.5. The molecule has 2 heteroatoms. The number of rotatable bonds is 5. The predicted molar refractivity (Wildman–Crippen MR) is 79.6 cm³/mol. The summed E-state index contributed by atoms with van der Waals surface area (Å²) in [5.74, 6) is 1.71. The number of benzene rings is 2. The fraction of sp³-hybridized carbons (Fsp3) is 0.294. The fourth-order valence-corrected chi connectivity index (χ4v) is 2.07. The lowest BCUT2D eigenvalue weighted by atomic mass is 10.1. The molecule has 0 heterocycles. The van der Waals surface area contributed by atoms with Gasteiger partial charge in [0.05, 0.1) is 0 Å². The summed E-state index contributed by atoms with van der Waals surface area (Å²) < 4.78 is 5.93. The Morgan fingerprint density at radius 2 is 1.79 bits per heavy atom. The van der Waals surface area contributed by atoms with E-state index >= 15 is 0 Å². The van der Waals surface area contributed by atoms with Crippen molar-refractivity contribution in [1.29, 1.82) is 0 Å². The largest absolute Gasteiger partial charge is 0.457 e. The SMILES string of the molecule is CCCc1ccc(Oc2cc(C)ccc2CN)cc1. The van der Waals surface area contributed by atoms with E-state index in [1.165, 1.54) is 11.1 Å². The zero-order valence-electron chi connectivity index (χ0n) is 11.6. The third-order valence-corrected chi connectivity index (χ3v) is 3.13. The van der Waals surface area contributed by atoms with Crippen LogP contribution in [0.5, 0.6) is 11.5 Å². The van der Waals surface area contributed by atoms with Crippen LogP contribution in [0.1, 0.15) is 30.0 Å². The van der Waals surface area contributed by atoms with Gasteiger partial charge in [0, 0.05) is 12.1 Å². The number of aryl methyl sites for hydroxylation is 2. The standard InChI is InChI=1S/C17H21NO/c1-3-4-14-6-9-16(10-7-14)19-17-11-13(2)5-8-15(17)12-18/h5-11H,3-4,12,18H2,1-2H3. The van der Waals surface area contributed by atoms with Crippen molar-refractivity contribution in [1.82, 2.24) is 0 Å². The molecule has 2 aromatic rings. The van der Waals surface area contributed by atoms with E-state index in [0.29, 0.717) is 6.54 Å². The average Bonchev–Trinajstić information content (AvgIpc) is 2.42. The van der Waals surface area contributed by atoms with Crippen molar-refractivity contribution < 1.29 is 4.74 Å². The Labute approximate surface area is 115 Å². The Kier molecular flexibility index (Phi) is 4.58. The summed E-state index contributed by atoms with van der Waals surface area (Å²) in [7, 11) is 0. The van der Waals surface area contributed by atoms with E-state index in [1.807, 2.05) is 24.3 Å². The highest BCUT2D eigenvalue weighted by Crippen LogP contribution is 2.26. The van der Waals surface area contributed by atoms with E-state index in [9.17, 15) is 0 Å². The van der Waals surface area contributed by atoms with Crippen molar-refractivity contribution in [2.45, 2.75) is 33.2 Å². The molecule has 0 spiro atoms. The van der Waals surface area contributed by atoms with Crippen LogP contribution < -0.4 is 10.5 Å². The molecule has 0 atom stereocenters. The highest BCUT2D eigenvalue weighted by molar-refractivity contribution is 5.41. The van der Waals surface area contributed by atoms with Crippen molar-refractivity contribution in [3.05, 3.63) is 59.2 Å². The molecule has 0 saturated heterocycles. The van der Waals surface area contributed by atoms with Gasteiger partial charge in [-0.1, -0.05) is 37.6 Å². The summed E-state index contributed by atoms with van der Waals surface area (Å²) >= 11 is 0. The van der Waals surface area contributed by atoms with E-state index in [2.05, 4.69) is 32.0 Å². The van der Waals surface area contributed by atoms with E-state index in [4.69, 9.17) is 10.5 Å². The van der Waals surface area contributed by atoms with Crippen LogP contribution in [0.2, 0.25) is 0 Å². The number of hydrogen-bond acceptors (Lipinski definition) is 2. The monoisotopic (exact) mass is 255 g/mol. The molecular formula is C17H21NO. The van der Waals surface area contributed by atoms with Gasteiger partial charge >= 0.3 is 0 Å². The lowest BCUT2D eigenvalue weighted by molar-refractivity contribution is 0.476. The molecule has 0 amide bonds. The quantitative estimate of drug-likeness (QED) is 0.869. The summed E-state index contributed by atoms with van der Waals surface area (Å²) in [4.78, 5) is 0. The highest BCUT2D eigenvalue weighted by atomic mass is 16.5. The first kappa shape index (κ1) is 13.6. The first-order valence-corrected chi connectivity index (χ1v) is 6.79. The van der Waals surface area contributed by atoms with Gasteiger partial charge in [-0.3, -0.25) is 0 Å². The topological polar surface area (TPSA) is 35.2 Å². The van der Waals surface area contributed by atoms with Crippen molar-refractivity contribution in [2.24, 2.45) is 5.73 Å². The molecule has 0 radical (unpaired) electrons. The number of hydrogen-bond donors (Lipinski definition) is 1. The van der Waals surface area contributed by atoms with Gasteiger partial charge in [0.1, 0.15) is 11.5 Å². The van der Waals surface area contributed by atoms with Crippen LogP contribution in [0, 0.1) is 6.92 Å². The third-order valence-electron chi connectivity index (χ3n) is 3.13. The van der Waals surface area contributed by atoms with Crippen molar-refractivity contribution in [3.63, 3.8) is 0 Å². The minimum absolute atomic E-state index is 0.490. The lowest BCUT2D eigenvalue weighted by Gasteiger charge is -2.11. The second-order valence-electron chi connectivity index (χ2n) is 4.81. The van der Waals surface area contributed by atoms with Crippen LogP contribution in [0.25, 0.3) is 0 Å². The van der Waals surface area contributed by atoms with Crippen LogP contribution in [-0.2, 0) is 13.0 Å². The molecule has 0 bridgehead atoms. The van der Waals surface area contributed by atoms with Crippen molar-refractivity contribution >= 4 is 0 Å². The first-order valence-electron chi connectivity index (χ1n) is 6.79. The average molecular weight is 255 g/mol. The van der Waals surface area contributed by atoms with Crippen LogP contribution in [0.3, 0.4) is 0 Å². The zero-order chi connectivity index (χ0) is 13.7. The summed E-state index contributed by atoms with van der Waals surface area (Å²) in [5, 5.41) is 0. The van der Waals surface area contributed by atoms with Gasteiger partial charge in [-0.05, 0) is 42.7 Å². The second kappa shape index (κ2) is 6.39. The number of nitrogens with two attached hydrogens (primary N) is 1. The molecule has 19 heavy (non-hydrogen) atoms. The number of ether oxygens (including phenoxy) is 1. The van der Waals surface area contributed by atoms with E-state index < -0.39 is 0 Å². The predicted octanol–water partition coefficient (Wildman–Crippen LogP) is 4.20. The maximum absolute atomic E-state index is 5.93. The van der Waals surface area contributed by atoms with Gasteiger partial charge in [0.15, 0.2) is 0 Å². The first-order chi connectivity index (χ1) is 9.22. The molecule has 0 aliphatic heterocycles. The molecule has 0 aromatic heterocycles. The van der Waals surface area contributed by atoms with Crippen LogP contribution in [-0.4, -0.2) is 0 Å². The van der Waals surface area contributed by atoms with Crippen molar-refractivity contribution in [2.75, 3.05) is 0 Å². The fourth-order valence-electron chi connectivity index (χ4n) is 2.07. The van der Waals surface area contributed by atoms with E-state index in [1.54, 1.807) is 0 Å². The minimum atomic E-state index is 0.490. The Morgan fingerprint density at radius 1 is 1.05 bits per heavy atom. The zero-order valence-corrected chi connectivity index (χ0v) is 11.6. The van der Waals surface area contributed by atoms with E-state index in [-0.39, 0.29) is 0 Å². The van der Waals surface area contributed by atoms with Gasteiger partial charge in [-0.25, -0.2) is 0 Å². The minimum Gasteiger partial charge on any atom is -0.457 e. The van der Waals surface area contributed by atoms with Crippen LogP contribution in [0.15, 0.2) is 42.5 Å². The Hall–Kier alpha value is -1.80. The Bertz CT molecular complexity index is 531. The third kappa shape index (κ3) is 3.58. The lowest BCUT2D eigenvalue weighted by Crippen LogP contribution is -1.99. The summed E-state index contributed by atoms with van der Waals surface area (Å²) in [6, 6.07) is 14.4. The molecule has 2 rings (SSSR count). The summed E-state index contributed by atoms with van der Waals surface area (Å²) in [6.45, 7) is 4.73. The maximum Gasteiger partial charge on any atom is 0.132 e. The highest BCUT2D eigenvalue weighted by Gasteiger charge is 2.04. The molecule has 2 aromatic carbocycles. The van der Waals surface area contributed by atoms with Gasteiger partial charge in [-0.2, -0.15) is 0 Å². The van der Waals surface area contributed by atoms with Gasteiger partial charge < -0.3 is 10.5 Å². The van der Waals surface area contributed by atoms with Gasteiger partial charge in [0.25, 0.3) is 0 Å². The van der Waals surface area contributed by atoms with Gasteiger partial charge in [-0.15, -0.1) is 0 Å². The molecule has 2 nitrogen and oxygen atoms in total. The molecule has 100 valence electrons. The molecule has 0 aliphatic rings. The molecule has 0 unspecified atom stereocenters. The molecule has 0 saturated carbocycles. The van der Waals surface area contributed by atoms with E-state index in [0.717, 1.165) is 29.9 Å². The van der Waals surface area contributed by atoms with Crippen molar-refractivity contribution in [3.8, 4) is 11.5 Å².